The van der Waals surface area contributed by atoms with Crippen LogP contribution in [0.1, 0.15) is 31.2 Å². The SMILES string of the molecule is COc1ccc(Br)c(CC(=O)CNC2CCCC2)c1. The number of nitrogens with one attached hydrogen (secondary N) is 1. The zero-order valence-electron chi connectivity index (χ0n) is 11.2. The minimum absolute atomic E-state index is 0.223. The van der Waals surface area contributed by atoms with E-state index in [0.717, 1.165) is 15.8 Å². The lowest BCUT2D eigenvalue weighted by Gasteiger charge is -2.11. The average Bonchev–Trinajstić information content (AvgIpc) is 2.92. The fourth-order valence-electron chi connectivity index (χ4n) is 2.48. The first-order chi connectivity index (χ1) is 9.19. The third-order valence-corrected chi connectivity index (χ3v) is 4.36. The summed E-state index contributed by atoms with van der Waals surface area (Å²) >= 11 is 3.48. The zero-order chi connectivity index (χ0) is 13.7. The van der Waals surface area contributed by atoms with Crippen LogP contribution in [0.3, 0.4) is 0 Å². The Kier molecular flexibility index (Phi) is 5.40. The quantitative estimate of drug-likeness (QED) is 0.873. The fraction of sp³-hybridized carbons (Fsp3) is 0.533. The summed E-state index contributed by atoms with van der Waals surface area (Å²) in [4.78, 5) is 12.0. The molecule has 0 saturated heterocycles. The van der Waals surface area contributed by atoms with Gasteiger partial charge < -0.3 is 10.1 Å². The summed E-state index contributed by atoms with van der Waals surface area (Å²) in [6.07, 6.45) is 5.42. The molecule has 0 atom stereocenters. The molecule has 1 N–H and O–H groups in total. The van der Waals surface area contributed by atoms with Gasteiger partial charge in [-0.3, -0.25) is 4.79 Å². The second-order valence-electron chi connectivity index (χ2n) is 5.04. The first-order valence-corrected chi connectivity index (χ1v) is 7.56. The minimum Gasteiger partial charge on any atom is -0.497 e. The van der Waals surface area contributed by atoms with Crippen LogP contribution >= 0.6 is 15.9 Å². The molecule has 4 heteroatoms. The number of hydrogen-bond acceptors (Lipinski definition) is 3. The minimum atomic E-state index is 0.223. The van der Waals surface area contributed by atoms with E-state index in [1.165, 1.54) is 25.7 Å². The van der Waals surface area contributed by atoms with Gasteiger partial charge in [0.15, 0.2) is 5.78 Å². The number of ether oxygens (including phenoxy) is 1. The van der Waals surface area contributed by atoms with Crippen molar-refractivity contribution < 1.29 is 9.53 Å². The van der Waals surface area contributed by atoms with E-state index in [4.69, 9.17) is 4.74 Å². The summed E-state index contributed by atoms with van der Waals surface area (Å²) in [6.45, 7) is 0.467. The van der Waals surface area contributed by atoms with Crippen molar-refractivity contribution in [2.24, 2.45) is 0 Å². The summed E-state index contributed by atoms with van der Waals surface area (Å²) in [5.74, 6) is 1.01. The number of carbonyl (C=O) groups is 1. The molecule has 104 valence electrons. The van der Waals surface area contributed by atoms with Crippen molar-refractivity contribution in [3.63, 3.8) is 0 Å². The normalized spacial score (nSPS) is 15.7. The van der Waals surface area contributed by atoms with Crippen molar-refractivity contribution in [3.8, 4) is 5.75 Å². The summed E-state index contributed by atoms with van der Waals surface area (Å²) in [6, 6.07) is 6.26. The van der Waals surface area contributed by atoms with Crippen LogP contribution in [0.25, 0.3) is 0 Å². The van der Waals surface area contributed by atoms with E-state index in [0.29, 0.717) is 19.0 Å². The van der Waals surface area contributed by atoms with Crippen molar-refractivity contribution in [1.82, 2.24) is 5.32 Å². The van der Waals surface area contributed by atoms with Crippen LogP contribution in [0.5, 0.6) is 5.75 Å². The predicted octanol–water partition coefficient (Wildman–Crippen LogP) is 3.10. The van der Waals surface area contributed by atoms with Crippen LogP contribution in [0, 0.1) is 0 Å². The molecule has 3 nitrogen and oxygen atoms in total. The smallest absolute Gasteiger partial charge is 0.151 e. The van der Waals surface area contributed by atoms with Gasteiger partial charge in [-0.1, -0.05) is 28.8 Å². The van der Waals surface area contributed by atoms with E-state index in [1.807, 2.05) is 18.2 Å². The molecule has 1 aliphatic carbocycles. The molecule has 0 spiro atoms. The lowest BCUT2D eigenvalue weighted by atomic mass is 10.1. The van der Waals surface area contributed by atoms with Crippen LogP contribution in [0.15, 0.2) is 22.7 Å². The highest BCUT2D eigenvalue weighted by Crippen LogP contribution is 2.23. The Morgan fingerprint density at radius 3 is 2.84 bits per heavy atom. The Bertz CT molecular complexity index is 442. The van der Waals surface area contributed by atoms with Crippen LogP contribution < -0.4 is 10.1 Å². The molecular formula is C15H20BrNO2. The summed E-state index contributed by atoms with van der Waals surface area (Å²) in [5, 5.41) is 3.35. The average molecular weight is 326 g/mol. The third kappa shape index (κ3) is 4.32. The third-order valence-electron chi connectivity index (χ3n) is 3.58. The maximum Gasteiger partial charge on any atom is 0.151 e. The first kappa shape index (κ1) is 14.5. The molecule has 1 aromatic rings. The van der Waals surface area contributed by atoms with Crippen molar-refractivity contribution in [3.05, 3.63) is 28.2 Å². The fourth-order valence-corrected chi connectivity index (χ4v) is 2.86. The van der Waals surface area contributed by atoms with E-state index in [-0.39, 0.29) is 5.78 Å². The number of methoxy groups -OCH3 is 1. The van der Waals surface area contributed by atoms with E-state index >= 15 is 0 Å². The monoisotopic (exact) mass is 325 g/mol. The summed E-state index contributed by atoms with van der Waals surface area (Å²) in [7, 11) is 1.64. The highest BCUT2D eigenvalue weighted by molar-refractivity contribution is 9.10. The molecule has 0 amide bonds. The first-order valence-electron chi connectivity index (χ1n) is 6.76. The molecular weight excluding hydrogens is 306 g/mol. The summed E-state index contributed by atoms with van der Waals surface area (Å²) < 4.78 is 6.15. The predicted molar refractivity (Wildman–Crippen MR) is 79.7 cm³/mol. The summed E-state index contributed by atoms with van der Waals surface area (Å²) in [5.41, 5.74) is 0.984. The van der Waals surface area contributed by atoms with Crippen molar-refractivity contribution in [1.29, 1.82) is 0 Å². The number of ketones is 1. The second-order valence-corrected chi connectivity index (χ2v) is 5.89. The lowest BCUT2D eigenvalue weighted by molar-refractivity contribution is -0.117. The number of benzene rings is 1. The number of hydrogen-bond donors (Lipinski definition) is 1. The van der Waals surface area contributed by atoms with Crippen LogP contribution in [-0.2, 0) is 11.2 Å². The molecule has 0 aliphatic heterocycles. The molecule has 0 aromatic heterocycles. The Balaban J connectivity index is 1.87. The maximum atomic E-state index is 12.0. The topological polar surface area (TPSA) is 38.3 Å². The number of halogens is 1. The highest BCUT2D eigenvalue weighted by atomic mass is 79.9. The van der Waals surface area contributed by atoms with Crippen molar-refractivity contribution in [2.75, 3.05) is 13.7 Å². The largest absolute Gasteiger partial charge is 0.497 e. The molecule has 2 rings (SSSR count). The van der Waals surface area contributed by atoms with Crippen LogP contribution in [0.4, 0.5) is 0 Å². The Morgan fingerprint density at radius 1 is 1.42 bits per heavy atom. The molecule has 0 radical (unpaired) electrons. The van der Waals surface area contributed by atoms with Gasteiger partial charge in [-0.15, -0.1) is 0 Å². The van der Waals surface area contributed by atoms with Gasteiger partial charge in [-0.05, 0) is 36.6 Å². The van der Waals surface area contributed by atoms with E-state index < -0.39 is 0 Å². The molecule has 0 unspecified atom stereocenters. The standard InChI is InChI=1S/C15H20BrNO2/c1-19-14-6-7-15(16)11(9-14)8-13(18)10-17-12-4-2-3-5-12/h6-7,9,12,17H,2-5,8,10H2,1H3. The van der Waals surface area contributed by atoms with Gasteiger partial charge in [-0.25, -0.2) is 0 Å². The maximum absolute atomic E-state index is 12.0. The van der Waals surface area contributed by atoms with Gasteiger partial charge in [0.1, 0.15) is 5.75 Å². The van der Waals surface area contributed by atoms with Crippen LogP contribution in [0.2, 0.25) is 0 Å². The molecule has 19 heavy (non-hydrogen) atoms. The molecule has 1 aliphatic rings. The molecule has 0 bridgehead atoms. The van der Waals surface area contributed by atoms with Gasteiger partial charge >= 0.3 is 0 Å². The Labute approximate surface area is 122 Å². The highest BCUT2D eigenvalue weighted by Gasteiger charge is 2.16. The van der Waals surface area contributed by atoms with E-state index in [1.54, 1.807) is 7.11 Å². The van der Waals surface area contributed by atoms with Crippen molar-refractivity contribution >= 4 is 21.7 Å². The van der Waals surface area contributed by atoms with Gasteiger partial charge in [0.25, 0.3) is 0 Å². The van der Waals surface area contributed by atoms with E-state index in [9.17, 15) is 4.79 Å². The van der Waals surface area contributed by atoms with Gasteiger partial charge in [0.05, 0.1) is 13.7 Å². The molecule has 0 heterocycles. The number of carbonyl (C=O) groups excluding carboxylic acids is 1. The van der Waals surface area contributed by atoms with Crippen molar-refractivity contribution in [2.45, 2.75) is 38.1 Å². The molecule has 1 saturated carbocycles. The number of rotatable bonds is 6. The Morgan fingerprint density at radius 2 is 2.16 bits per heavy atom. The van der Waals surface area contributed by atoms with Gasteiger partial charge in [0, 0.05) is 16.9 Å². The molecule has 1 aromatic carbocycles. The van der Waals surface area contributed by atoms with E-state index in [2.05, 4.69) is 21.2 Å². The van der Waals surface area contributed by atoms with Crippen LogP contribution in [-0.4, -0.2) is 25.5 Å². The molecule has 1 fully saturated rings. The van der Waals surface area contributed by atoms with Gasteiger partial charge in [-0.2, -0.15) is 0 Å². The lowest BCUT2D eigenvalue weighted by Crippen LogP contribution is -2.32. The second kappa shape index (κ2) is 7.06. The zero-order valence-corrected chi connectivity index (χ0v) is 12.8. The van der Waals surface area contributed by atoms with Gasteiger partial charge in [0.2, 0.25) is 0 Å². The number of Topliss-reactive ketones (excluding diaryl/α,β-unsaturated/α-hetero) is 1. The Hall–Kier alpha value is -0.870.